The SMILES string of the molecule is S=c1sc2c(s1)SC1Sc3sc(=S)sc3SC1S2. The minimum absolute atomic E-state index is 0.598. The Hall–Kier alpha value is 1.94. The van der Waals surface area contributed by atoms with Gasteiger partial charge in [-0.15, -0.1) is 45.3 Å². The molecule has 0 spiro atoms. The predicted octanol–water partition coefficient (Wildman–Crippen LogP) is 7.14. The highest BCUT2D eigenvalue weighted by Gasteiger charge is 2.38. The number of thioether (sulfide) groups is 4. The molecule has 0 aliphatic carbocycles. The normalized spacial score (nSPS) is 25.3. The molecule has 0 aromatic carbocycles. The second-order valence-corrected chi connectivity index (χ2v) is 16.0. The minimum atomic E-state index is 0.598. The smallest absolute Gasteiger partial charge is 0.105 e. The standard InChI is InChI=1S/C8H2S10/c9-7-15-3-5(17-7)13-2-1(11-3)12-4-6(14-2)18-8(10)16-4/h1-2H. The molecule has 0 atom stereocenters. The predicted molar refractivity (Wildman–Crippen MR) is 97.1 cm³/mol. The molecule has 0 fully saturated rings. The van der Waals surface area contributed by atoms with Gasteiger partial charge >= 0.3 is 0 Å². The van der Waals surface area contributed by atoms with E-state index in [-0.39, 0.29) is 0 Å². The molecule has 4 heterocycles. The first-order valence-electron chi connectivity index (χ1n) is 4.63. The van der Waals surface area contributed by atoms with Crippen LogP contribution in [0.25, 0.3) is 0 Å². The molecule has 0 radical (unpaired) electrons. The Morgan fingerprint density at radius 3 is 1.11 bits per heavy atom. The molecular weight excluding hydrogens is 417 g/mol. The molecule has 0 nitrogen and oxygen atoms in total. The largest absolute Gasteiger partial charge is 0.145 e. The summed E-state index contributed by atoms with van der Waals surface area (Å²) in [6, 6.07) is 0. The Morgan fingerprint density at radius 1 is 0.556 bits per heavy atom. The molecule has 0 saturated carbocycles. The van der Waals surface area contributed by atoms with Crippen molar-refractivity contribution >= 4 is 117 Å². The van der Waals surface area contributed by atoms with E-state index < -0.39 is 0 Å². The van der Waals surface area contributed by atoms with Crippen LogP contribution in [-0.2, 0) is 0 Å². The Labute approximate surface area is 147 Å². The van der Waals surface area contributed by atoms with Crippen molar-refractivity contribution in [3.8, 4) is 0 Å². The van der Waals surface area contributed by atoms with Crippen LogP contribution in [0.3, 0.4) is 0 Å². The van der Waals surface area contributed by atoms with Gasteiger partial charge in [0.2, 0.25) is 0 Å². The maximum Gasteiger partial charge on any atom is 0.145 e. The summed E-state index contributed by atoms with van der Waals surface area (Å²) in [5.41, 5.74) is 0. The zero-order valence-electron chi connectivity index (χ0n) is 8.24. The lowest BCUT2D eigenvalue weighted by atomic mass is 10.9. The highest BCUT2D eigenvalue weighted by Crippen LogP contribution is 2.63. The third kappa shape index (κ3) is 2.44. The molecule has 0 amide bonds. The lowest BCUT2D eigenvalue weighted by Crippen LogP contribution is -2.17. The van der Waals surface area contributed by atoms with Crippen molar-refractivity contribution in [3.05, 3.63) is 6.28 Å². The fourth-order valence-electron chi connectivity index (χ4n) is 1.49. The van der Waals surface area contributed by atoms with Crippen LogP contribution in [0.1, 0.15) is 0 Å². The van der Waals surface area contributed by atoms with Crippen LogP contribution >= 0.6 is 117 Å². The molecule has 4 rings (SSSR count). The van der Waals surface area contributed by atoms with E-state index in [0.29, 0.717) is 9.16 Å². The zero-order chi connectivity index (χ0) is 12.3. The molecular formula is C8H2S10. The van der Waals surface area contributed by atoms with Crippen LogP contribution in [0, 0.1) is 6.28 Å². The molecule has 2 aromatic heterocycles. The first-order chi connectivity index (χ1) is 8.69. The van der Waals surface area contributed by atoms with E-state index in [1.807, 2.05) is 47.0 Å². The van der Waals surface area contributed by atoms with Gasteiger partial charge in [0.05, 0.1) is 26.0 Å². The van der Waals surface area contributed by atoms with Gasteiger partial charge in [-0.05, 0) is 0 Å². The molecule has 10 heteroatoms. The summed E-state index contributed by atoms with van der Waals surface area (Å²) in [5.74, 6) is 0. The molecule has 18 heavy (non-hydrogen) atoms. The van der Waals surface area contributed by atoms with Crippen LogP contribution in [0.5, 0.6) is 0 Å². The van der Waals surface area contributed by atoms with Gasteiger partial charge in [0.15, 0.2) is 0 Å². The number of hydrogen-bond donors (Lipinski definition) is 0. The average molecular weight is 419 g/mol. The Bertz CT molecular complexity index is 598. The maximum absolute atomic E-state index is 5.30. The molecule has 2 aliphatic rings. The summed E-state index contributed by atoms with van der Waals surface area (Å²) in [6.07, 6.45) is 0. The van der Waals surface area contributed by atoms with E-state index in [0.717, 1.165) is 6.28 Å². The molecule has 0 N–H and O–H groups in total. The van der Waals surface area contributed by atoms with Crippen molar-refractivity contribution in [1.82, 2.24) is 0 Å². The van der Waals surface area contributed by atoms with E-state index >= 15 is 0 Å². The fourth-order valence-corrected chi connectivity index (χ4v) is 16.5. The quantitative estimate of drug-likeness (QED) is 0.414. The Morgan fingerprint density at radius 2 is 0.833 bits per heavy atom. The topological polar surface area (TPSA) is 0 Å². The fraction of sp³-hybridized carbons (Fsp3) is 0.250. The van der Waals surface area contributed by atoms with E-state index in [4.69, 9.17) is 24.4 Å². The van der Waals surface area contributed by atoms with Crippen molar-refractivity contribution in [2.24, 2.45) is 0 Å². The van der Waals surface area contributed by atoms with Gasteiger partial charge in [-0.2, -0.15) is 0 Å². The van der Waals surface area contributed by atoms with Crippen molar-refractivity contribution in [1.29, 1.82) is 0 Å². The van der Waals surface area contributed by atoms with Gasteiger partial charge in [0.1, 0.15) is 6.28 Å². The zero-order valence-corrected chi connectivity index (χ0v) is 16.4. The van der Waals surface area contributed by atoms with Crippen LogP contribution in [-0.4, -0.2) is 9.16 Å². The van der Waals surface area contributed by atoms with E-state index in [2.05, 4.69) is 0 Å². The van der Waals surface area contributed by atoms with Gasteiger partial charge < -0.3 is 0 Å². The lowest BCUT2D eigenvalue weighted by Gasteiger charge is -2.31. The van der Waals surface area contributed by atoms with Crippen LogP contribution < -0.4 is 0 Å². The van der Waals surface area contributed by atoms with Gasteiger partial charge in [0.25, 0.3) is 0 Å². The first kappa shape index (κ1) is 13.6. The van der Waals surface area contributed by atoms with Crippen molar-refractivity contribution in [2.45, 2.75) is 26.0 Å². The van der Waals surface area contributed by atoms with Gasteiger partial charge in [-0.1, -0.05) is 71.5 Å². The van der Waals surface area contributed by atoms with Crippen molar-refractivity contribution < 1.29 is 0 Å². The second-order valence-electron chi connectivity index (χ2n) is 3.27. The average Bonchev–Trinajstić information content (AvgIpc) is 2.82. The Kier molecular flexibility index (Phi) is 4.00. The minimum Gasteiger partial charge on any atom is -0.105 e. The van der Waals surface area contributed by atoms with Crippen molar-refractivity contribution in [2.75, 3.05) is 0 Å². The number of fused-ring (bicyclic) bond motifs is 3. The highest BCUT2D eigenvalue weighted by molar-refractivity contribution is 8.27. The van der Waals surface area contributed by atoms with Crippen LogP contribution in [0.15, 0.2) is 16.8 Å². The van der Waals surface area contributed by atoms with Crippen LogP contribution in [0.2, 0.25) is 0 Å². The molecule has 2 aliphatic heterocycles. The summed E-state index contributed by atoms with van der Waals surface area (Å²) < 4.78 is 9.00. The summed E-state index contributed by atoms with van der Waals surface area (Å²) in [5, 5.41) is 0. The van der Waals surface area contributed by atoms with Gasteiger partial charge in [0, 0.05) is 0 Å². The summed E-state index contributed by atoms with van der Waals surface area (Å²) >= 11 is 25.7. The van der Waals surface area contributed by atoms with Gasteiger partial charge in [-0.3, -0.25) is 0 Å². The van der Waals surface area contributed by atoms with E-state index in [1.54, 1.807) is 45.3 Å². The molecule has 0 bridgehead atoms. The van der Waals surface area contributed by atoms with Gasteiger partial charge in [-0.25, -0.2) is 0 Å². The number of rotatable bonds is 0. The summed E-state index contributed by atoms with van der Waals surface area (Å²) in [4.78, 5) is 0. The molecule has 2 aromatic rings. The molecule has 94 valence electrons. The summed E-state index contributed by atoms with van der Waals surface area (Å²) in [7, 11) is 0. The monoisotopic (exact) mass is 418 g/mol. The first-order valence-corrected chi connectivity index (χ1v) is 12.2. The lowest BCUT2D eigenvalue weighted by molar-refractivity contribution is 1.26. The molecule has 0 unspecified atom stereocenters. The third-order valence-electron chi connectivity index (χ3n) is 2.15. The van der Waals surface area contributed by atoms with E-state index in [1.165, 1.54) is 16.8 Å². The molecule has 0 saturated heterocycles. The number of hydrogen-bond acceptors (Lipinski definition) is 10. The Balaban J connectivity index is 1.73. The van der Waals surface area contributed by atoms with E-state index in [9.17, 15) is 0 Å². The highest BCUT2D eigenvalue weighted by atomic mass is 32.3. The third-order valence-corrected chi connectivity index (χ3v) is 15.1. The second kappa shape index (κ2) is 5.29. The van der Waals surface area contributed by atoms with Crippen molar-refractivity contribution in [3.63, 3.8) is 0 Å². The summed E-state index contributed by atoms with van der Waals surface area (Å²) in [6.45, 7) is 0. The van der Waals surface area contributed by atoms with Crippen LogP contribution in [0.4, 0.5) is 0 Å². The maximum atomic E-state index is 5.30.